The van der Waals surface area contributed by atoms with E-state index in [1.807, 2.05) is 0 Å². The van der Waals surface area contributed by atoms with Crippen LogP contribution >= 0.6 is 26.2 Å². The first-order valence-corrected chi connectivity index (χ1v) is 9.05. The molecule has 1 aliphatic heterocycles. The van der Waals surface area contributed by atoms with E-state index in [9.17, 15) is 19.4 Å². The number of hydrogen-bond donors (Lipinski definition) is 1. The Morgan fingerprint density at radius 1 is 1.14 bits per heavy atom. The minimum absolute atomic E-state index is 0.0395. The summed E-state index contributed by atoms with van der Waals surface area (Å²) in [7, 11) is -9.73. The lowest BCUT2D eigenvalue weighted by Crippen LogP contribution is -2.23. The van der Waals surface area contributed by atoms with E-state index in [4.69, 9.17) is 4.74 Å². The molecule has 0 aromatic heterocycles. The molecule has 1 saturated heterocycles. The summed E-state index contributed by atoms with van der Waals surface area (Å²) in [5, 5.41) is 2.52. The summed E-state index contributed by atoms with van der Waals surface area (Å²) in [6.45, 7) is 1.30. The van der Waals surface area contributed by atoms with Crippen LogP contribution in [0.3, 0.4) is 0 Å². The van der Waals surface area contributed by atoms with E-state index in [-0.39, 0.29) is 16.9 Å². The predicted octanol–water partition coefficient (Wildman–Crippen LogP) is 5.95. The molecule has 0 radical (unpaired) electrons. The van der Waals surface area contributed by atoms with Crippen LogP contribution < -0.4 is 5.32 Å². The fourth-order valence-electron chi connectivity index (χ4n) is 2.17. The van der Waals surface area contributed by atoms with E-state index >= 15 is 0 Å². The number of benzene rings is 1. The molecular weight excluding hydrogens is 381 g/mol. The van der Waals surface area contributed by atoms with Crippen LogP contribution in [0.2, 0.25) is 0 Å². The summed E-state index contributed by atoms with van der Waals surface area (Å²) in [4.78, 5) is -1.88. The molecule has 0 atom stereocenters. The number of rotatable bonds is 4. The quantitative estimate of drug-likeness (QED) is 0.636. The first-order chi connectivity index (χ1) is 9.45. The number of anilines is 1. The molecular formula is C12H15BrF5NOS. The van der Waals surface area contributed by atoms with Crippen LogP contribution in [-0.2, 0) is 4.74 Å². The lowest BCUT2D eigenvalue weighted by molar-refractivity contribution is 0.0699. The average Bonchev–Trinajstić information content (AvgIpc) is 2.36. The molecule has 2 nitrogen and oxygen atoms in total. The molecule has 0 aliphatic carbocycles. The molecule has 0 unspecified atom stereocenters. The molecule has 0 amide bonds. The van der Waals surface area contributed by atoms with Crippen LogP contribution in [0, 0.1) is 5.92 Å². The highest BCUT2D eigenvalue weighted by atomic mass is 79.9. The standard InChI is InChI=1S/C12H15BrF5NOS/c13-10-1-2-11(12(7-10)21(14,15,16,17)18)19-8-9-3-5-20-6-4-9/h1-2,7,9,19H,3-6,8H2. The Morgan fingerprint density at radius 3 is 2.33 bits per heavy atom. The third kappa shape index (κ3) is 4.72. The highest BCUT2D eigenvalue weighted by Gasteiger charge is 2.66. The van der Waals surface area contributed by atoms with Gasteiger partial charge in [0, 0.05) is 24.2 Å². The summed E-state index contributed by atoms with van der Waals surface area (Å²) >= 11 is 2.81. The van der Waals surface area contributed by atoms with E-state index in [0.29, 0.717) is 32.1 Å². The van der Waals surface area contributed by atoms with E-state index in [0.717, 1.165) is 6.07 Å². The molecule has 1 heterocycles. The lowest BCUT2D eigenvalue weighted by atomic mass is 10.0. The minimum Gasteiger partial charge on any atom is -0.384 e. The largest absolute Gasteiger partial charge is 0.384 e. The van der Waals surface area contributed by atoms with Gasteiger partial charge in [0.2, 0.25) is 0 Å². The highest BCUT2D eigenvalue weighted by molar-refractivity contribution is 9.10. The van der Waals surface area contributed by atoms with Crippen molar-refractivity contribution in [3.63, 3.8) is 0 Å². The molecule has 0 saturated carbocycles. The molecule has 1 aromatic carbocycles. The highest BCUT2D eigenvalue weighted by Crippen LogP contribution is 3.02. The Hall–Kier alpha value is -0.540. The summed E-state index contributed by atoms with van der Waals surface area (Å²) in [6, 6.07) is 2.75. The number of ether oxygens (including phenoxy) is 1. The van der Waals surface area contributed by atoms with Gasteiger partial charge in [-0.2, -0.15) is 0 Å². The van der Waals surface area contributed by atoms with Gasteiger partial charge in [-0.3, -0.25) is 0 Å². The Kier molecular flexibility index (Phi) is 4.00. The van der Waals surface area contributed by atoms with Gasteiger partial charge < -0.3 is 10.1 Å². The van der Waals surface area contributed by atoms with Crippen molar-refractivity contribution in [1.29, 1.82) is 0 Å². The summed E-state index contributed by atoms with van der Waals surface area (Å²) < 4.78 is 70.5. The van der Waals surface area contributed by atoms with Crippen LogP contribution in [0.4, 0.5) is 25.1 Å². The topological polar surface area (TPSA) is 21.3 Å². The van der Waals surface area contributed by atoms with Gasteiger partial charge in [0.05, 0.1) is 5.69 Å². The predicted molar refractivity (Wildman–Crippen MR) is 77.6 cm³/mol. The van der Waals surface area contributed by atoms with Gasteiger partial charge in [-0.25, -0.2) is 0 Å². The molecule has 122 valence electrons. The minimum atomic E-state index is -9.73. The fourth-order valence-corrected chi connectivity index (χ4v) is 3.58. The zero-order chi connectivity index (χ0) is 15.8. The number of halogens is 6. The van der Waals surface area contributed by atoms with E-state index < -0.39 is 20.8 Å². The van der Waals surface area contributed by atoms with Gasteiger partial charge >= 0.3 is 10.2 Å². The molecule has 21 heavy (non-hydrogen) atoms. The lowest BCUT2D eigenvalue weighted by Gasteiger charge is -2.42. The first-order valence-electron chi connectivity index (χ1n) is 6.31. The van der Waals surface area contributed by atoms with Gasteiger partial charge in [0.15, 0.2) is 0 Å². The monoisotopic (exact) mass is 395 g/mol. The second-order valence-corrected chi connectivity index (χ2v) is 8.34. The van der Waals surface area contributed by atoms with Gasteiger partial charge in [0.25, 0.3) is 0 Å². The average molecular weight is 396 g/mol. The molecule has 1 aromatic rings. The van der Waals surface area contributed by atoms with E-state index in [2.05, 4.69) is 21.2 Å². The molecule has 0 spiro atoms. The third-order valence-electron chi connectivity index (χ3n) is 3.28. The zero-order valence-corrected chi connectivity index (χ0v) is 13.3. The maximum absolute atomic E-state index is 13.1. The summed E-state index contributed by atoms with van der Waals surface area (Å²) in [5.41, 5.74) is -0.580. The molecule has 1 aliphatic rings. The first kappa shape index (κ1) is 16.8. The van der Waals surface area contributed by atoms with Crippen LogP contribution in [0.1, 0.15) is 12.8 Å². The van der Waals surface area contributed by atoms with Crippen molar-refractivity contribution in [1.82, 2.24) is 0 Å². The van der Waals surface area contributed by atoms with Crippen LogP contribution in [0.5, 0.6) is 0 Å². The molecule has 1 fully saturated rings. The normalized spacial score (nSPS) is 20.7. The fraction of sp³-hybridized carbons (Fsp3) is 0.500. The van der Waals surface area contributed by atoms with Crippen molar-refractivity contribution in [2.45, 2.75) is 17.7 Å². The van der Waals surface area contributed by atoms with Crippen molar-refractivity contribution in [2.75, 3.05) is 25.1 Å². The molecule has 1 N–H and O–H groups in total. The number of hydrogen-bond acceptors (Lipinski definition) is 2. The van der Waals surface area contributed by atoms with Crippen molar-refractivity contribution in [2.24, 2.45) is 5.92 Å². The van der Waals surface area contributed by atoms with Crippen molar-refractivity contribution >= 4 is 31.8 Å². The Labute approximate surface area is 127 Å². The Balaban J connectivity index is 2.24. The maximum atomic E-state index is 13.1. The SMILES string of the molecule is FS(F)(F)(F)(F)c1cc(Br)ccc1NCC1CCOCC1. The molecule has 0 bridgehead atoms. The smallest absolute Gasteiger partial charge is 0.312 e. The van der Waals surface area contributed by atoms with Crippen molar-refractivity contribution < 1.29 is 24.2 Å². The molecule has 9 heteroatoms. The van der Waals surface area contributed by atoms with Crippen LogP contribution in [0.25, 0.3) is 0 Å². The maximum Gasteiger partial charge on any atom is 0.312 e. The number of nitrogens with one attached hydrogen (secondary N) is 1. The van der Waals surface area contributed by atoms with Gasteiger partial charge in [-0.05, 0) is 37.0 Å². The van der Waals surface area contributed by atoms with E-state index in [1.54, 1.807) is 0 Å². The van der Waals surface area contributed by atoms with Crippen LogP contribution in [0.15, 0.2) is 27.6 Å². The zero-order valence-electron chi connectivity index (χ0n) is 10.9. The van der Waals surface area contributed by atoms with Crippen LogP contribution in [-0.4, -0.2) is 19.8 Å². The van der Waals surface area contributed by atoms with Crippen molar-refractivity contribution in [3.8, 4) is 0 Å². The van der Waals surface area contributed by atoms with E-state index in [1.165, 1.54) is 6.07 Å². The van der Waals surface area contributed by atoms with Gasteiger partial charge in [0.1, 0.15) is 4.90 Å². The molecule has 2 rings (SSSR count). The summed E-state index contributed by atoms with van der Waals surface area (Å²) in [5.74, 6) is 0.119. The summed E-state index contributed by atoms with van der Waals surface area (Å²) in [6.07, 6.45) is 1.41. The second-order valence-electron chi connectivity index (χ2n) is 5.05. The Bertz CT molecular complexity index is 530. The second kappa shape index (κ2) is 4.99. The van der Waals surface area contributed by atoms with Gasteiger partial charge in [-0.15, -0.1) is 0 Å². The van der Waals surface area contributed by atoms with Gasteiger partial charge in [-0.1, -0.05) is 35.4 Å². The third-order valence-corrected chi connectivity index (χ3v) is 4.94. The van der Waals surface area contributed by atoms with Crippen molar-refractivity contribution in [3.05, 3.63) is 22.7 Å². The Morgan fingerprint density at radius 2 is 1.76 bits per heavy atom.